The first-order valence-electron chi connectivity index (χ1n) is 3.80. The number of aliphatic hydroxyl groups excluding tert-OH is 1. The summed E-state index contributed by atoms with van der Waals surface area (Å²) in [6.45, 7) is 2.03. The summed E-state index contributed by atoms with van der Waals surface area (Å²) in [6, 6.07) is -0.232. The SMILES string of the molecule is [B][C@H]1C[C@@H](C)[C@@](CO)(CS)O1. The quantitative estimate of drug-likeness (QED) is 0.460. The predicted octanol–water partition coefficient (Wildman–Crippen LogP) is 0.198. The van der Waals surface area contributed by atoms with E-state index in [1.54, 1.807) is 0 Å². The zero-order valence-electron chi connectivity index (χ0n) is 6.66. The summed E-state index contributed by atoms with van der Waals surface area (Å²) in [5.74, 6) is 0.818. The van der Waals surface area contributed by atoms with Gasteiger partial charge in [-0.05, 0) is 12.3 Å². The van der Waals surface area contributed by atoms with Crippen molar-refractivity contribution in [3.8, 4) is 0 Å². The molecule has 0 aliphatic carbocycles. The van der Waals surface area contributed by atoms with Crippen LogP contribution >= 0.6 is 12.6 Å². The van der Waals surface area contributed by atoms with E-state index in [-0.39, 0.29) is 12.6 Å². The van der Waals surface area contributed by atoms with Crippen molar-refractivity contribution >= 4 is 20.5 Å². The van der Waals surface area contributed by atoms with Crippen LogP contribution in [0.5, 0.6) is 0 Å². The second-order valence-corrected chi connectivity index (χ2v) is 3.49. The molecule has 11 heavy (non-hydrogen) atoms. The van der Waals surface area contributed by atoms with E-state index in [0.717, 1.165) is 6.42 Å². The van der Waals surface area contributed by atoms with Crippen molar-refractivity contribution in [2.24, 2.45) is 5.92 Å². The molecular weight excluding hydrogens is 159 g/mol. The molecule has 1 aliphatic rings. The number of ether oxygens (including phenoxy) is 1. The molecule has 0 spiro atoms. The summed E-state index contributed by atoms with van der Waals surface area (Å²) in [5.41, 5.74) is -0.497. The Bertz CT molecular complexity index is 138. The molecule has 1 fully saturated rings. The lowest BCUT2D eigenvalue weighted by molar-refractivity contribution is -0.0503. The molecule has 4 heteroatoms. The van der Waals surface area contributed by atoms with Gasteiger partial charge in [-0.25, -0.2) is 0 Å². The summed E-state index contributed by atoms with van der Waals surface area (Å²) in [7, 11) is 5.58. The van der Waals surface area contributed by atoms with Gasteiger partial charge in [0.15, 0.2) is 0 Å². The maximum absolute atomic E-state index is 9.08. The summed E-state index contributed by atoms with van der Waals surface area (Å²) >= 11 is 4.14. The lowest BCUT2D eigenvalue weighted by Gasteiger charge is -2.29. The van der Waals surface area contributed by atoms with E-state index >= 15 is 0 Å². The van der Waals surface area contributed by atoms with Gasteiger partial charge in [-0.1, -0.05) is 6.92 Å². The Hall–Kier alpha value is 0.335. The second-order valence-electron chi connectivity index (χ2n) is 3.17. The Kier molecular flexibility index (Phi) is 2.89. The molecule has 0 saturated carbocycles. The van der Waals surface area contributed by atoms with Gasteiger partial charge >= 0.3 is 0 Å². The van der Waals surface area contributed by atoms with Gasteiger partial charge in [-0.15, -0.1) is 0 Å². The third-order valence-corrected chi connectivity index (χ3v) is 2.94. The minimum absolute atomic E-state index is 0.00532. The molecule has 1 heterocycles. The van der Waals surface area contributed by atoms with E-state index in [4.69, 9.17) is 17.7 Å². The van der Waals surface area contributed by atoms with Gasteiger partial charge in [0.1, 0.15) is 13.4 Å². The van der Waals surface area contributed by atoms with Crippen LogP contribution in [0.2, 0.25) is 0 Å². The standard InChI is InChI=1S/C7H13BO2S/c1-5-2-6(8)10-7(5,3-9)4-11/h5-6,9,11H,2-4H2,1H3/t5-,6-,7-/m1/s1. The topological polar surface area (TPSA) is 29.5 Å². The van der Waals surface area contributed by atoms with E-state index < -0.39 is 5.60 Å². The van der Waals surface area contributed by atoms with Crippen molar-refractivity contribution in [3.05, 3.63) is 0 Å². The molecule has 2 nitrogen and oxygen atoms in total. The molecule has 0 unspecified atom stereocenters. The van der Waals surface area contributed by atoms with Crippen LogP contribution in [0.1, 0.15) is 13.3 Å². The van der Waals surface area contributed by atoms with Gasteiger partial charge in [0, 0.05) is 11.8 Å². The van der Waals surface area contributed by atoms with Gasteiger partial charge in [0.05, 0.1) is 6.61 Å². The van der Waals surface area contributed by atoms with E-state index in [1.165, 1.54) is 0 Å². The van der Waals surface area contributed by atoms with E-state index in [1.807, 2.05) is 6.92 Å². The van der Waals surface area contributed by atoms with Crippen LogP contribution < -0.4 is 0 Å². The molecule has 0 bridgehead atoms. The highest BCUT2D eigenvalue weighted by molar-refractivity contribution is 7.80. The van der Waals surface area contributed by atoms with Crippen LogP contribution in [0.4, 0.5) is 0 Å². The third kappa shape index (κ3) is 1.58. The number of thiol groups is 1. The summed E-state index contributed by atoms with van der Waals surface area (Å²) in [6.07, 6.45) is 0.807. The molecule has 0 aromatic heterocycles. The monoisotopic (exact) mass is 172 g/mol. The number of hydrogen-bond donors (Lipinski definition) is 2. The van der Waals surface area contributed by atoms with Crippen molar-refractivity contribution in [3.63, 3.8) is 0 Å². The largest absolute Gasteiger partial charge is 0.393 e. The van der Waals surface area contributed by atoms with Crippen LogP contribution in [0, 0.1) is 5.92 Å². The minimum atomic E-state index is -0.497. The molecule has 1 aliphatic heterocycles. The molecule has 1 N–H and O–H groups in total. The van der Waals surface area contributed by atoms with Gasteiger partial charge in [-0.2, -0.15) is 12.6 Å². The number of aliphatic hydroxyl groups is 1. The highest BCUT2D eigenvalue weighted by atomic mass is 32.1. The minimum Gasteiger partial charge on any atom is -0.393 e. The summed E-state index contributed by atoms with van der Waals surface area (Å²) < 4.78 is 5.41. The Morgan fingerprint density at radius 1 is 1.82 bits per heavy atom. The molecule has 0 aromatic carbocycles. The first kappa shape index (κ1) is 9.42. The fourth-order valence-electron chi connectivity index (χ4n) is 1.47. The van der Waals surface area contributed by atoms with Crippen molar-refractivity contribution in [1.29, 1.82) is 0 Å². The lowest BCUT2D eigenvalue weighted by Crippen LogP contribution is -2.40. The Morgan fingerprint density at radius 3 is 2.64 bits per heavy atom. The predicted molar refractivity (Wildman–Crippen MR) is 48.1 cm³/mol. The van der Waals surface area contributed by atoms with Gasteiger partial charge in [0.25, 0.3) is 0 Å². The van der Waals surface area contributed by atoms with Crippen LogP contribution in [-0.2, 0) is 4.74 Å². The molecule has 62 valence electrons. The summed E-state index contributed by atoms with van der Waals surface area (Å²) in [5, 5.41) is 9.08. The van der Waals surface area contributed by atoms with Crippen molar-refractivity contribution in [2.75, 3.05) is 12.4 Å². The van der Waals surface area contributed by atoms with Crippen LogP contribution in [-0.4, -0.2) is 36.9 Å². The fourth-order valence-corrected chi connectivity index (χ4v) is 1.95. The Balaban J connectivity index is 2.67. The van der Waals surface area contributed by atoms with E-state index in [9.17, 15) is 0 Å². The summed E-state index contributed by atoms with van der Waals surface area (Å²) in [4.78, 5) is 0. The van der Waals surface area contributed by atoms with Crippen LogP contribution in [0.3, 0.4) is 0 Å². The van der Waals surface area contributed by atoms with Crippen LogP contribution in [0.25, 0.3) is 0 Å². The molecule has 3 atom stereocenters. The normalized spacial score (nSPS) is 44.6. The average Bonchev–Trinajstić information content (AvgIpc) is 2.27. The number of rotatable bonds is 2. The second kappa shape index (κ2) is 3.38. The highest BCUT2D eigenvalue weighted by Gasteiger charge is 2.42. The number of hydrogen-bond acceptors (Lipinski definition) is 3. The molecular formula is C7H13BO2S. The fraction of sp³-hybridized carbons (Fsp3) is 1.00. The van der Waals surface area contributed by atoms with Crippen LogP contribution in [0.15, 0.2) is 0 Å². The smallest absolute Gasteiger partial charge is 0.109 e. The van der Waals surface area contributed by atoms with Gasteiger partial charge in [0.2, 0.25) is 0 Å². The van der Waals surface area contributed by atoms with Gasteiger partial charge < -0.3 is 9.84 Å². The van der Waals surface area contributed by atoms with Crippen molar-refractivity contribution in [2.45, 2.75) is 24.9 Å². The molecule has 1 saturated heterocycles. The molecule has 1 rings (SSSR count). The average molecular weight is 172 g/mol. The highest BCUT2D eigenvalue weighted by Crippen LogP contribution is 2.35. The van der Waals surface area contributed by atoms with E-state index in [0.29, 0.717) is 11.7 Å². The Morgan fingerprint density at radius 2 is 2.45 bits per heavy atom. The zero-order valence-corrected chi connectivity index (χ0v) is 7.55. The first-order chi connectivity index (χ1) is 5.14. The van der Waals surface area contributed by atoms with Crippen molar-refractivity contribution < 1.29 is 9.84 Å². The molecule has 2 radical (unpaired) electrons. The zero-order chi connectivity index (χ0) is 8.48. The van der Waals surface area contributed by atoms with E-state index in [2.05, 4.69) is 12.6 Å². The van der Waals surface area contributed by atoms with Gasteiger partial charge in [-0.3, -0.25) is 0 Å². The Labute approximate surface area is 74.1 Å². The maximum atomic E-state index is 9.08. The lowest BCUT2D eigenvalue weighted by atomic mass is 9.87. The van der Waals surface area contributed by atoms with Crippen molar-refractivity contribution in [1.82, 2.24) is 0 Å². The molecule has 0 aromatic rings. The first-order valence-corrected chi connectivity index (χ1v) is 4.43. The maximum Gasteiger partial charge on any atom is 0.109 e. The molecule has 0 amide bonds. The third-order valence-electron chi connectivity index (χ3n) is 2.41.